The van der Waals surface area contributed by atoms with E-state index in [1.54, 1.807) is 0 Å². The summed E-state index contributed by atoms with van der Waals surface area (Å²) in [6, 6.07) is 43.2. The van der Waals surface area contributed by atoms with Crippen molar-refractivity contribution in [2.45, 2.75) is 64.3 Å². The number of rotatable bonds is 14. The zero-order valence-electron chi connectivity index (χ0n) is 23.8. The van der Waals surface area contributed by atoms with E-state index in [1.165, 1.54) is 21.2 Å². The number of benzene rings is 4. The Morgan fingerprint density at radius 1 is 0.538 bits per heavy atom. The van der Waals surface area contributed by atoms with Crippen LogP contribution in [0.5, 0.6) is 0 Å². The van der Waals surface area contributed by atoms with Gasteiger partial charge in [-0.1, -0.05) is 142 Å². The Hall–Kier alpha value is -2.34. The van der Waals surface area contributed by atoms with Gasteiger partial charge in [-0.25, -0.2) is 0 Å². The molecule has 0 heterocycles. The van der Waals surface area contributed by atoms with Gasteiger partial charge in [0.15, 0.2) is 0 Å². The van der Waals surface area contributed by atoms with Crippen LogP contribution in [0.4, 0.5) is 0 Å². The van der Waals surface area contributed by atoms with Crippen LogP contribution in [0.3, 0.4) is 0 Å². The second kappa shape index (κ2) is 14.3. The van der Waals surface area contributed by atoms with Gasteiger partial charge in [0.25, 0.3) is 0 Å². The summed E-state index contributed by atoms with van der Waals surface area (Å²) in [5, 5.41) is 4.93. The predicted molar refractivity (Wildman–Crippen MR) is 172 cm³/mol. The van der Waals surface area contributed by atoms with Gasteiger partial charge in [-0.15, -0.1) is 0 Å². The molecule has 4 aromatic rings. The largest absolute Gasteiger partial charge is 0.370 e. The lowest BCUT2D eigenvalue weighted by molar-refractivity contribution is -0.0148. The number of hydrogen-bond acceptors (Lipinski definition) is 2. The molecule has 0 bridgehead atoms. The molecule has 0 N–H and O–H groups in total. The molecule has 0 aliphatic rings. The van der Waals surface area contributed by atoms with E-state index >= 15 is 0 Å². The average Bonchev–Trinajstić information content (AvgIpc) is 3.01. The quantitative estimate of drug-likeness (QED) is 0.146. The Morgan fingerprint density at radius 3 is 1.28 bits per heavy atom. The van der Waals surface area contributed by atoms with Gasteiger partial charge in [-0.05, 0) is 44.7 Å². The summed E-state index contributed by atoms with van der Waals surface area (Å²) in [4.78, 5) is 0. The Bertz CT molecular complexity index is 1150. The summed E-state index contributed by atoms with van der Waals surface area (Å²) in [7, 11) is -1.64. The molecule has 0 amide bonds. The summed E-state index contributed by atoms with van der Waals surface area (Å²) >= 11 is 0. The average molecular weight is 557 g/mol. The molecule has 0 aliphatic heterocycles. The monoisotopic (exact) mass is 556 g/mol. The van der Waals surface area contributed by atoms with Crippen LogP contribution in [0.1, 0.15) is 53.4 Å². The van der Waals surface area contributed by atoms with Crippen LogP contribution < -0.4 is 21.2 Å². The summed E-state index contributed by atoms with van der Waals surface area (Å²) < 4.78 is 14.1. The maximum atomic E-state index is 7.18. The van der Waals surface area contributed by atoms with Crippen molar-refractivity contribution >= 4 is 37.3 Å². The van der Waals surface area contributed by atoms with Gasteiger partial charge in [-0.3, -0.25) is 0 Å². The SMILES string of the molecule is CCC(CC)(CCOC(C)(CC)P(c1ccccc1)c1ccccc1)OP(c1ccccc1)c1ccccc1. The molecule has 0 saturated heterocycles. The molecule has 4 heteroatoms. The van der Waals surface area contributed by atoms with Crippen LogP contribution in [0.15, 0.2) is 121 Å². The third-order valence-electron chi connectivity index (χ3n) is 7.68. The van der Waals surface area contributed by atoms with Crippen molar-refractivity contribution in [3.63, 3.8) is 0 Å². The molecular formula is C35H42O2P2. The molecule has 4 aromatic carbocycles. The van der Waals surface area contributed by atoms with Crippen molar-refractivity contribution < 1.29 is 9.26 Å². The van der Waals surface area contributed by atoms with Crippen molar-refractivity contribution in [3.8, 4) is 0 Å². The normalized spacial score (nSPS) is 13.5. The molecule has 0 radical (unpaired) electrons. The van der Waals surface area contributed by atoms with Crippen LogP contribution in [0.25, 0.3) is 0 Å². The lowest BCUT2D eigenvalue weighted by Crippen LogP contribution is -2.38. The van der Waals surface area contributed by atoms with E-state index in [2.05, 4.69) is 149 Å². The fourth-order valence-corrected chi connectivity index (χ4v) is 9.98. The van der Waals surface area contributed by atoms with Crippen molar-refractivity contribution in [3.05, 3.63) is 121 Å². The topological polar surface area (TPSA) is 18.5 Å². The van der Waals surface area contributed by atoms with Gasteiger partial charge in [0.05, 0.1) is 25.7 Å². The molecule has 1 atom stereocenters. The fraction of sp³-hybridized carbons (Fsp3) is 0.314. The smallest absolute Gasteiger partial charge is 0.0925 e. The number of ether oxygens (including phenoxy) is 1. The van der Waals surface area contributed by atoms with Crippen molar-refractivity contribution in [2.75, 3.05) is 6.61 Å². The van der Waals surface area contributed by atoms with Crippen LogP contribution in [-0.4, -0.2) is 17.6 Å². The maximum absolute atomic E-state index is 7.18. The molecule has 4 rings (SSSR count). The van der Waals surface area contributed by atoms with E-state index in [9.17, 15) is 0 Å². The number of hydrogen-bond donors (Lipinski definition) is 0. The fourth-order valence-electron chi connectivity index (χ4n) is 4.98. The first-order chi connectivity index (χ1) is 19.0. The van der Waals surface area contributed by atoms with E-state index in [0.29, 0.717) is 6.61 Å². The van der Waals surface area contributed by atoms with E-state index in [1.807, 2.05) is 0 Å². The maximum Gasteiger partial charge on any atom is 0.0925 e. The Morgan fingerprint density at radius 2 is 0.923 bits per heavy atom. The van der Waals surface area contributed by atoms with E-state index in [4.69, 9.17) is 9.26 Å². The third kappa shape index (κ3) is 7.45. The Labute approximate surface area is 238 Å². The molecule has 0 aliphatic carbocycles. The second-order valence-electron chi connectivity index (χ2n) is 10.1. The van der Waals surface area contributed by atoms with Crippen LogP contribution in [-0.2, 0) is 9.26 Å². The van der Waals surface area contributed by atoms with Crippen LogP contribution >= 0.6 is 16.1 Å². The Balaban J connectivity index is 1.57. The standard InChI is InChI=1S/C35H42O2P2/c1-5-34(4,38(30-20-12-8-13-21-30)31-22-14-9-15-23-31)36-29-28-35(6-2,7-3)37-39(32-24-16-10-17-25-32)33-26-18-11-19-27-33/h8-27H,5-7,28-29H2,1-4H3. The summed E-state index contributed by atoms with van der Waals surface area (Å²) in [6.45, 7) is 9.74. The van der Waals surface area contributed by atoms with E-state index in [-0.39, 0.29) is 10.9 Å². The Kier molecular flexibility index (Phi) is 10.9. The first-order valence-corrected chi connectivity index (χ1v) is 16.8. The lowest BCUT2D eigenvalue weighted by Gasteiger charge is -2.40. The van der Waals surface area contributed by atoms with Crippen LogP contribution in [0, 0.1) is 0 Å². The molecule has 0 aromatic heterocycles. The highest BCUT2D eigenvalue weighted by molar-refractivity contribution is 7.74. The van der Waals surface area contributed by atoms with E-state index < -0.39 is 16.1 Å². The van der Waals surface area contributed by atoms with Crippen LogP contribution in [0.2, 0.25) is 0 Å². The van der Waals surface area contributed by atoms with Crippen molar-refractivity contribution in [2.24, 2.45) is 0 Å². The lowest BCUT2D eigenvalue weighted by atomic mass is 9.94. The minimum atomic E-state index is -0.935. The summed E-state index contributed by atoms with van der Waals surface area (Å²) in [5.41, 5.74) is -0.256. The second-order valence-corrected chi connectivity index (χ2v) is 14.5. The summed E-state index contributed by atoms with van der Waals surface area (Å²) in [6.07, 6.45) is 3.69. The molecule has 0 saturated carbocycles. The van der Waals surface area contributed by atoms with Gasteiger partial charge in [0, 0.05) is 17.0 Å². The highest BCUT2D eigenvalue weighted by atomic mass is 31.1. The van der Waals surface area contributed by atoms with E-state index in [0.717, 1.165) is 25.7 Å². The summed E-state index contributed by atoms with van der Waals surface area (Å²) in [5.74, 6) is 0. The molecular weight excluding hydrogens is 514 g/mol. The molecule has 2 nitrogen and oxygen atoms in total. The van der Waals surface area contributed by atoms with Gasteiger partial charge in [0.1, 0.15) is 0 Å². The first kappa shape index (κ1) is 29.6. The first-order valence-electron chi connectivity index (χ1n) is 14.2. The third-order valence-corrected chi connectivity index (χ3v) is 12.8. The van der Waals surface area contributed by atoms with Gasteiger partial charge >= 0.3 is 0 Å². The molecule has 0 fully saturated rings. The zero-order chi connectivity index (χ0) is 27.6. The zero-order valence-corrected chi connectivity index (χ0v) is 25.6. The minimum absolute atomic E-state index is 0.256. The highest BCUT2D eigenvalue weighted by Crippen LogP contribution is 2.51. The van der Waals surface area contributed by atoms with Gasteiger partial charge in [-0.2, -0.15) is 0 Å². The predicted octanol–water partition coefficient (Wildman–Crippen LogP) is 8.28. The molecule has 0 spiro atoms. The minimum Gasteiger partial charge on any atom is -0.370 e. The van der Waals surface area contributed by atoms with Crippen molar-refractivity contribution in [1.29, 1.82) is 0 Å². The van der Waals surface area contributed by atoms with Gasteiger partial charge in [0.2, 0.25) is 0 Å². The van der Waals surface area contributed by atoms with Crippen molar-refractivity contribution in [1.82, 2.24) is 0 Å². The highest BCUT2D eigenvalue weighted by Gasteiger charge is 2.38. The molecule has 1 unspecified atom stereocenters. The van der Waals surface area contributed by atoms with Gasteiger partial charge < -0.3 is 9.26 Å². The molecule has 204 valence electrons. The molecule has 39 heavy (non-hydrogen) atoms.